The van der Waals surface area contributed by atoms with Crippen LogP contribution >= 0.6 is 23.2 Å². The highest BCUT2D eigenvalue weighted by Crippen LogP contribution is 2.29. The summed E-state index contributed by atoms with van der Waals surface area (Å²) in [6.45, 7) is 0.181. The highest BCUT2D eigenvalue weighted by atomic mass is 35.5. The van der Waals surface area contributed by atoms with Crippen LogP contribution in [0.4, 0.5) is 0 Å². The first-order valence-corrected chi connectivity index (χ1v) is 12.0. The monoisotopic (exact) mass is 476 g/mol. The predicted molar refractivity (Wildman–Crippen MR) is 128 cm³/mol. The topological polar surface area (TPSA) is 58.6 Å². The van der Waals surface area contributed by atoms with Crippen molar-refractivity contribution in [1.29, 1.82) is 0 Å². The Hall–Kier alpha value is -2.24. The van der Waals surface area contributed by atoms with E-state index < -0.39 is 6.04 Å². The van der Waals surface area contributed by atoms with Gasteiger partial charge in [0, 0.05) is 17.6 Å². The van der Waals surface area contributed by atoms with Crippen LogP contribution in [-0.2, 0) is 16.1 Å². The van der Waals surface area contributed by atoms with Gasteiger partial charge in [0.2, 0.25) is 11.8 Å². The Morgan fingerprint density at radius 2 is 1.72 bits per heavy atom. The van der Waals surface area contributed by atoms with Gasteiger partial charge in [-0.05, 0) is 42.2 Å². The fraction of sp³-hybridized carbons (Fsp3) is 0.440. The number of carbonyl (C=O) groups is 2. The third kappa shape index (κ3) is 6.39. The van der Waals surface area contributed by atoms with Crippen molar-refractivity contribution >= 4 is 35.0 Å². The van der Waals surface area contributed by atoms with E-state index in [-0.39, 0.29) is 30.3 Å². The number of hydrogen-bond acceptors (Lipinski definition) is 3. The molecule has 0 saturated heterocycles. The second-order valence-electron chi connectivity index (χ2n) is 8.12. The summed E-state index contributed by atoms with van der Waals surface area (Å²) in [5.74, 6) is -0.0811. The van der Waals surface area contributed by atoms with Gasteiger partial charge >= 0.3 is 0 Å². The molecule has 2 aromatic rings. The maximum absolute atomic E-state index is 13.6. The van der Waals surface area contributed by atoms with Crippen LogP contribution < -0.4 is 10.1 Å². The lowest BCUT2D eigenvalue weighted by atomic mass is 10.0. The van der Waals surface area contributed by atoms with Gasteiger partial charge in [0.05, 0.1) is 7.11 Å². The lowest BCUT2D eigenvalue weighted by molar-refractivity contribution is -0.140. The van der Waals surface area contributed by atoms with E-state index in [0.29, 0.717) is 16.3 Å². The van der Waals surface area contributed by atoms with Crippen LogP contribution in [0.15, 0.2) is 48.5 Å². The summed E-state index contributed by atoms with van der Waals surface area (Å²) in [6, 6.07) is 13.8. The van der Waals surface area contributed by atoms with Crippen molar-refractivity contribution < 1.29 is 14.3 Å². The van der Waals surface area contributed by atoms with Gasteiger partial charge < -0.3 is 15.0 Å². The summed E-state index contributed by atoms with van der Waals surface area (Å²) in [4.78, 5) is 28.1. The SMILES string of the molecule is COc1ccc([C@H](C(=O)NC2CCCCCC2)N(Cc2ccccc2Cl)C(=O)CCl)cc1. The number of halogens is 2. The molecule has 3 rings (SSSR count). The Morgan fingerprint density at radius 3 is 2.31 bits per heavy atom. The van der Waals surface area contributed by atoms with Gasteiger partial charge in [0.1, 0.15) is 17.7 Å². The number of nitrogens with zero attached hydrogens (tertiary/aromatic N) is 1. The fourth-order valence-electron chi connectivity index (χ4n) is 4.17. The van der Waals surface area contributed by atoms with Gasteiger partial charge in [0.15, 0.2) is 0 Å². The Bertz CT molecular complexity index is 896. The molecule has 1 saturated carbocycles. The number of nitrogens with one attached hydrogen (secondary N) is 1. The quantitative estimate of drug-likeness (QED) is 0.404. The Balaban J connectivity index is 1.95. The van der Waals surface area contributed by atoms with E-state index in [2.05, 4.69) is 5.32 Å². The lowest BCUT2D eigenvalue weighted by Gasteiger charge is -2.32. The summed E-state index contributed by atoms with van der Waals surface area (Å²) in [7, 11) is 1.59. The molecule has 2 aromatic carbocycles. The first-order valence-electron chi connectivity index (χ1n) is 11.1. The lowest BCUT2D eigenvalue weighted by Crippen LogP contribution is -2.46. The molecule has 0 heterocycles. The zero-order valence-electron chi connectivity index (χ0n) is 18.4. The number of carbonyl (C=O) groups excluding carboxylic acids is 2. The van der Waals surface area contributed by atoms with Gasteiger partial charge in [-0.15, -0.1) is 11.6 Å². The molecule has 0 aliphatic heterocycles. The summed E-state index contributed by atoms with van der Waals surface area (Å²) < 4.78 is 5.27. The Kier molecular flexibility index (Phi) is 9.24. The summed E-state index contributed by atoms with van der Waals surface area (Å²) in [6.07, 6.45) is 6.49. The zero-order chi connectivity index (χ0) is 22.9. The second kappa shape index (κ2) is 12.1. The summed E-state index contributed by atoms with van der Waals surface area (Å²) in [5, 5.41) is 3.75. The van der Waals surface area contributed by atoms with Gasteiger partial charge in [-0.3, -0.25) is 9.59 Å². The van der Waals surface area contributed by atoms with Gasteiger partial charge in [-0.25, -0.2) is 0 Å². The Labute approximate surface area is 200 Å². The number of benzene rings is 2. The van der Waals surface area contributed by atoms with Crippen LogP contribution in [0.3, 0.4) is 0 Å². The maximum atomic E-state index is 13.6. The van der Waals surface area contributed by atoms with E-state index in [9.17, 15) is 9.59 Å². The van der Waals surface area contributed by atoms with Crippen LogP contribution in [0.25, 0.3) is 0 Å². The molecule has 5 nitrogen and oxygen atoms in total. The molecule has 2 amide bonds. The normalized spacial score (nSPS) is 15.5. The maximum Gasteiger partial charge on any atom is 0.247 e. The van der Waals surface area contributed by atoms with Gasteiger partial charge in [-0.1, -0.05) is 67.6 Å². The van der Waals surface area contributed by atoms with Crippen molar-refractivity contribution in [2.75, 3.05) is 13.0 Å². The van der Waals surface area contributed by atoms with Crippen molar-refractivity contribution in [2.24, 2.45) is 0 Å². The Morgan fingerprint density at radius 1 is 1.06 bits per heavy atom. The third-order valence-electron chi connectivity index (χ3n) is 5.93. The molecule has 0 bridgehead atoms. The number of hydrogen-bond donors (Lipinski definition) is 1. The standard InChI is InChI=1S/C25H30Cl2N2O3/c1-32-21-14-12-18(13-15-21)24(25(31)28-20-9-4-2-3-5-10-20)29(23(30)16-26)17-19-8-6-7-11-22(19)27/h6-8,11-15,20,24H,2-5,9-10,16-17H2,1H3,(H,28,31)/t24-/m1/s1. The van der Waals surface area contributed by atoms with Crippen molar-refractivity contribution in [1.82, 2.24) is 10.2 Å². The third-order valence-corrected chi connectivity index (χ3v) is 6.52. The molecule has 1 atom stereocenters. The van der Waals surface area contributed by atoms with E-state index in [1.807, 2.05) is 30.3 Å². The van der Waals surface area contributed by atoms with Crippen LogP contribution in [0.2, 0.25) is 5.02 Å². The highest BCUT2D eigenvalue weighted by molar-refractivity contribution is 6.31. The molecule has 1 N–H and O–H groups in total. The van der Waals surface area contributed by atoms with Crippen LogP contribution in [0.1, 0.15) is 55.7 Å². The molecular formula is C25H30Cl2N2O3. The van der Waals surface area contributed by atoms with E-state index in [0.717, 1.165) is 31.2 Å². The molecule has 1 aliphatic rings. The molecule has 0 radical (unpaired) electrons. The average molecular weight is 477 g/mol. The first-order chi connectivity index (χ1) is 15.5. The minimum absolute atomic E-state index is 0.110. The minimum atomic E-state index is -0.827. The summed E-state index contributed by atoms with van der Waals surface area (Å²) in [5.41, 5.74) is 1.45. The van der Waals surface area contributed by atoms with E-state index >= 15 is 0 Å². The predicted octanol–water partition coefficient (Wildman–Crippen LogP) is 5.50. The molecule has 0 unspecified atom stereocenters. The molecule has 0 aromatic heterocycles. The van der Waals surface area contributed by atoms with E-state index in [4.69, 9.17) is 27.9 Å². The number of rotatable bonds is 8. The summed E-state index contributed by atoms with van der Waals surface area (Å²) >= 11 is 12.3. The molecule has 0 spiro atoms. The van der Waals surface area contributed by atoms with Crippen LogP contribution in [0, 0.1) is 0 Å². The largest absolute Gasteiger partial charge is 0.497 e. The number of methoxy groups -OCH3 is 1. The zero-order valence-corrected chi connectivity index (χ0v) is 19.9. The molecule has 172 valence electrons. The average Bonchev–Trinajstić information content (AvgIpc) is 3.08. The number of alkyl halides is 1. The van der Waals surface area contributed by atoms with Gasteiger partial charge in [0.25, 0.3) is 0 Å². The fourth-order valence-corrected chi connectivity index (χ4v) is 4.52. The number of ether oxygens (including phenoxy) is 1. The van der Waals surface area contributed by atoms with Gasteiger partial charge in [-0.2, -0.15) is 0 Å². The molecule has 7 heteroatoms. The van der Waals surface area contributed by atoms with Crippen LogP contribution in [0.5, 0.6) is 5.75 Å². The highest BCUT2D eigenvalue weighted by Gasteiger charge is 2.33. The first kappa shape index (κ1) is 24.4. The number of amides is 2. The van der Waals surface area contributed by atoms with E-state index in [1.54, 1.807) is 25.3 Å². The molecule has 1 fully saturated rings. The van der Waals surface area contributed by atoms with E-state index in [1.165, 1.54) is 17.7 Å². The second-order valence-corrected chi connectivity index (χ2v) is 8.79. The van der Waals surface area contributed by atoms with Crippen molar-refractivity contribution in [3.8, 4) is 5.75 Å². The molecular weight excluding hydrogens is 447 g/mol. The van der Waals surface area contributed by atoms with Crippen molar-refractivity contribution in [2.45, 2.75) is 57.2 Å². The van der Waals surface area contributed by atoms with Crippen molar-refractivity contribution in [3.63, 3.8) is 0 Å². The smallest absolute Gasteiger partial charge is 0.247 e. The van der Waals surface area contributed by atoms with Crippen molar-refractivity contribution in [3.05, 3.63) is 64.7 Å². The van der Waals surface area contributed by atoms with Crippen LogP contribution in [-0.4, -0.2) is 35.7 Å². The minimum Gasteiger partial charge on any atom is -0.497 e. The molecule has 1 aliphatic carbocycles. The molecule has 32 heavy (non-hydrogen) atoms.